The summed E-state index contributed by atoms with van der Waals surface area (Å²) in [5.74, 6) is 0.925. The third kappa shape index (κ3) is 2.98. The molecule has 0 aliphatic carbocycles. The molecule has 26 heavy (non-hydrogen) atoms. The minimum Gasteiger partial charge on any atom is -0.342 e. The smallest absolute Gasteiger partial charge is 0.249 e. The topological polar surface area (TPSA) is 67.9 Å². The Labute approximate surface area is 158 Å². The van der Waals surface area contributed by atoms with E-state index in [2.05, 4.69) is 36.0 Å². The number of hydrogen-bond acceptors (Lipinski definition) is 6. The fraction of sp³-hybridized carbons (Fsp3) is 0.333. The lowest BCUT2D eigenvalue weighted by Crippen LogP contribution is -2.25. The fourth-order valence-corrected chi connectivity index (χ4v) is 3.70. The van der Waals surface area contributed by atoms with Crippen molar-refractivity contribution in [3.05, 3.63) is 52.5 Å². The van der Waals surface area contributed by atoms with Crippen molar-refractivity contribution in [2.75, 3.05) is 11.4 Å². The molecule has 1 unspecified atom stereocenters. The molecule has 1 fully saturated rings. The van der Waals surface area contributed by atoms with Crippen molar-refractivity contribution < 1.29 is 8.91 Å². The molecule has 3 aromatic rings. The molecule has 1 atom stereocenters. The molecule has 4 rings (SSSR count). The minimum atomic E-state index is -0.368. The van der Waals surface area contributed by atoms with Crippen LogP contribution in [0.1, 0.15) is 37.4 Å². The number of aryl methyl sites for hydroxylation is 1. The van der Waals surface area contributed by atoms with E-state index in [0.717, 1.165) is 22.9 Å². The van der Waals surface area contributed by atoms with Crippen LogP contribution in [0.15, 0.2) is 39.6 Å². The largest absolute Gasteiger partial charge is 0.342 e. The van der Waals surface area contributed by atoms with Gasteiger partial charge in [-0.05, 0) is 31.4 Å². The zero-order valence-corrected chi connectivity index (χ0v) is 15.8. The first-order valence-electron chi connectivity index (χ1n) is 8.53. The Morgan fingerprint density at radius 1 is 1.31 bits per heavy atom. The lowest BCUT2D eigenvalue weighted by molar-refractivity contribution is 0.354. The number of benzene rings is 1. The first kappa shape index (κ1) is 17.1. The molecule has 0 radical (unpaired) electrons. The standard InChI is InChI=1S/C18H17BrFN5O/c1-2-13-15(20)17(22-10-21-13)25-9-5-8-14(25)18-23-16(24-26-18)11-6-3-4-7-12(11)19/h3-4,6-7,10,14H,2,5,8-9H2,1H3. The van der Waals surface area contributed by atoms with Gasteiger partial charge in [0.05, 0.1) is 5.69 Å². The van der Waals surface area contributed by atoms with Crippen molar-refractivity contribution >= 4 is 21.7 Å². The van der Waals surface area contributed by atoms with Crippen LogP contribution in [-0.2, 0) is 6.42 Å². The molecule has 0 bridgehead atoms. The van der Waals surface area contributed by atoms with E-state index in [-0.39, 0.29) is 11.9 Å². The molecule has 0 N–H and O–H groups in total. The van der Waals surface area contributed by atoms with Gasteiger partial charge in [0, 0.05) is 16.6 Å². The number of aromatic nitrogens is 4. The van der Waals surface area contributed by atoms with E-state index in [4.69, 9.17) is 4.52 Å². The molecule has 1 aliphatic heterocycles. The summed E-state index contributed by atoms with van der Waals surface area (Å²) in [5, 5.41) is 4.11. The van der Waals surface area contributed by atoms with Gasteiger partial charge in [-0.15, -0.1) is 0 Å². The summed E-state index contributed by atoms with van der Waals surface area (Å²) in [4.78, 5) is 14.6. The zero-order valence-electron chi connectivity index (χ0n) is 14.2. The van der Waals surface area contributed by atoms with Gasteiger partial charge in [-0.25, -0.2) is 14.4 Å². The Morgan fingerprint density at radius 2 is 2.15 bits per heavy atom. The van der Waals surface area contributed by atoms with Gasteiger partial charge in [0.15, 0.2) is 11.6 Å². The van der Waals surface area contributed by atoms with Crippen LogP contribution in [0.25, 0.3) is 11.4 Å². The highest BCUT2D eigenvalue weighted by Crippen LogP contribution is 2.37. The van der Waals surface area contributed by atoms with Gasteiger partial charge in [0.2, 0.25) is 11.7 Å². The zero-order chi connectivity index (χ0) is 18.1. The third-order valence-corrected chi connectivity index (χ3v) is 5.24. The van der Waals surface area contributed by atoms with E-state index >= 15 is 0 Å². The fourth-order valence-electron chi connectivity index (χ4n) is 3.24. The van der Waals surface area contributed by atoms with Gasteiger partial charge < -0.3 is 9.42 Å². The number of rotatable bonds is 4. The molecular weight excluding hydrogens is 401 g/mol. The van der Waals surface area contributed by atoms with Crippen LogP contribution < -0.4 is 4.90 Å². The van der Waals surface area contributed by atoms with E-state index in [1.54, 1.807) is 0 Å². The van der Waals surface area contributed by atoms with Crippen LogP contribution >= 0.6 is 15.9 Å². The molecule has 134 valence electrons. The number of anilines is 1. The second-order valence-electron chi connectivity index (χ2n) is 6.10. The van der Waals surface area contributed by atoms with Gasteiger partial charge in [-0.2, -0.15) is 4.98 Å². The number of halogens is 2. The normalized spacial score (nSPS) is 17.0. The highest BCUT2D eigenvalue weighted by molar-refractivity contribution is 9.10. The quantitative estimate of drug-likeness (QED) is 0.628. The molecule has 3 heterocycles. The van der Waals surface area contributed by atoms with Gasteiger partial charge in [-0.3, -0.25) is 0 Å². The van der Waals surface area contributed by atoms with Crippen LogP contribution in [0.4, 0.5) is 10.2 Å². The molecule has 0 saturated carbocycles. The maximum atomic E-state index is 14.7. The van der Waals surface area contributed by atoms with Crippen molar-refractivity contribution in [3.63, 3.8) is 0 Å². The predicted octanol–water partition coefficient (Wildman–Crippen LogP) is 4.33. The van der Waals surface area contributed by atoms with E-state index in [0.29, 0.717) is 36.2 Å². The molecule has 0 spiro atoms. The van der Waals surface area contributed by atoms with Crippen molar-refractivity contribution in [3.8, 4) is 11.4 Å². The number of nitrogens with zero attached hydrogens (tertiary/aromatic N) is 5. The molecule has 1 saturated heterocycles. The minimum absolute atomic E-state index is 0.187. The molecule has 2 aromatic heterocycles. The van der Waals surface area contributed by atoms with Crippen LogP contribution in [0.5, 0.6) is 0 Å². The molecule has 6 nitrogen and oxygen atoms in total. The summed E-state index contributed by atoms with van der Waals surface area (Å²) < 4.78 is 21.1. The Balaban J connectivity index is 1.67. The molecule has 1 aliphatic rings. The Kier molecular flexibility index (Phi) is 4.67. The summed E-state index contributed by atoms with van der Waals surface area (Å²) in [7, 11) is 0. The van der Waals surface area contributed by atoms with E-state index < -0.39 is 0 Å². The summed E-state index contributed by atoms with van der Waals surface area (Å²) in [6.07, 6.45) is 3.64. The maximum Gasteiger partial charge on any atom is 0.249 e. The average Bonchev–Trinajstić information content (AvgIpc) is 3.31. The SMILES string of the molecule is CCc1ncnc(N2CCCC2c2nc(-c3ccccc3Br)no2)c1F. The van der Waals surface area contributed by atoms with Crippen LogP contribution in [0, 0.1) is 5.82 Å². The van der Waals surface area contributed by atoms with Gasteiger partial charge in [0.1, 0.15) is 12.4 Å². The summed E-state index contributed by atoms with van der Waals surface area (Å²) in [5.41, 5.74) is 1.27. The lowest BCUT2D eigenvalue weighted by Gasteiger charge is -2.23. The second-order valence-corrected chi connectivity index (χ2v) is 6.95. The van der Waals surface area contributed by atoms with Crippen molar-refractivity contribution in [2.24, 2.45) is 0 Å². The van der Waals surface area contributed by atoms with E-state index in [9.17, 15) is 4.39 Å². The highest BCUT2D eigenvalue weighted by Gasteiger charge is 2.34. The monoisotopic (exact) mass is 417 g/mol. The lowest BCUT2D eigenvalue weighted by atomic mass is 10.2. The van der Waals surface area contributed by atoms with E-state index in [1.165, 1.54) is 6.33 Å². The first-order chi connectivity index (χ1) is 12.7. The first-order valence-corrected chi connectivity index (χ1v) is 9.33. The summed E-state index contributed by atoms with van der Waals surface area (Å²) in [6.45, 7) is 2.56. The molecular formula is C18H17BrFN5O. The van der Waals surface area contributed by atoms with Gasteiger partial charge in [-0.1, -0.05) is 40.1 Å². The molecule has 8 heteroatoms. The second kappa shape index (κ2) is 7.11. The van der Waals surface area contributed by atoms with E-state index in [1.807, 2.05) is 36.1 Å². The Hall–Kier alpha value is -2.35. The Bertz CT molecular complexity index is 931. The van der Waals surface area contributed by atoms with Crippen LogP contribution in [0.3, 0.4) is 0 Å². The van der Waals surface area contributed by atoms with Crippen LogP contribution in [0.2, 0.25) is 0 Å². The summed E-state index contributed by atoms with van der Waals surface area (Å²) in [6, 6.07) is 7.50. The number of hydrogen-bond donors (Lipinski definition) is 0. The summed E-state index contributed by atoms with van der Waals surface area (Å²) >= 11 is 3.50. The van der Waals surface area contributed by atoms with Crippen molar-refractivity contribution in [2.45, 2.75) is 32.2 Å². The third-order valence-electron chi connectivity index (χ3n) is 4.54. The Morgan fingerprint density at radius 3 is 2.96 bits per heavy atom. The molecule has 0 amide bonds. The average molecular weight is 418 g/mol. The van der Waals surface area contributed by atoms with Gasteiger partial charge >= 0.3 is 0 Å². The van der Waals surface area contributed by atoms with Crippen LogP contribution in [-0.4, -0.2) is 26.7 Å². The van der Waals surface area contributed by atoms with Crippen molar-refractivity contribution in [1.29, 1.82) is 0 Å². The molecule has 1 aromatic carbocycles. The maximum absolute atomic E-state index is 14.7. The van der Waals surface area contributed by atoms with Crippen molar-refractivity contribution in [1.82, 2.24) is 20.1 Å². The highest BCUT2D eigenvalue weighted by atomic mass is 79.9. The van der Waals surface area contributed by atoms with Gasteiger partial charge in [0.25, 0.3) is 0 Å². The predicted molar refractivity (Wildman–Crippen MR) is 98.1 cm³/mol.